The minimum absolute atomic E-state index is 0.0585. The van der Waals surface area contributed by atoms with Crippen molar-refractivity contribution in [3.05, 3.63) is 60.0 Å². The second kappa shape index (κ2) is 7.54. The van der Waals surface area contributed by atoms with Gasteiger partial charge in [0.2, 0.25) is 0 Å². The molecule has 1 unspecified atom stereocenters. The Kier molecular flexibility index (Phi) is 5.58. The van der Waals surface area contributed by atoms with E-state index in [-0.39, 0.29) is 17.1 Å². The Hall–Kier alpha value is -2.24. The van der Waals surface area contributed by atoms with Crippen LogP contribution in [0.3, 0.4) is 0 Å². The number of nitrogens with zero attached hydrogens (tertiary/aromatic N) is 1. The summed E-state index contributed by atoms with van der Waals surface area (Å²) in [5.74, 6) is -0.258. The van der Waals surface area contributed by atoms with E-state index in [0.29, 0.717) is 0 Å². The van der Waals surface area contributed by atoms with Crippen LogP contribution in [0.2, 0.25) is 18.1 Å². The summed E-state index contributed by atoms with van der Waals surface area (Å²) in [6.07, 6.45) is 6.97. The van der Waals surface area contributed by atoms with Gasteiger partial charge in [0.05, 0.1) is 23.6 Å². The fourth-order valence-electron chi connectivity index (χ4n) is 2.98. The lowest BCUT2D eigenvalue weighted by molar-refractivity contribution is -0.141. The minimum atomic E-state index is -1.87. The molecule has 0 saturated carbocycles. The summed E-state index contributed by atoms with van der Waals surface area (Å²) in [5.41, 5.74) is 2.15. The Morgan fingerprint density at radius 2 is 1.90 bits per heavy atom. The molecule has 1 aromatic heterocycles. The number of carbonyl (C=O) groups is 1. The van der Waals surface area contributed by atoms with Crippen molar-refractivity contribution in [2.45, 2.75) is 58.9 Å². The van der Waals surface area contributed by atoms with Crippen LogP contribution in [0.15, 0.2) is 48.7 Å². The van der Waals surface area contributed by atoms with Crippen molar-refractivity contribution in [1.29, 1.82) is 0 Å². The zero-order valence-corrected chi connectivity index (χ0v) is 19.4. The largest absolute Gasteiger partial charge is 0.434 e. The van der Waals surface area contributed by atoms with Gasteiger partial charge >= 0.3 is 5.97 Å². The Labute approximate surface area is 174 Å². The molecular weight excluding hydrogens is 378 g/mol. The van der Waals surface area contributed by atoms with Crippen LogP contribution in [0.5, 0.6) is 0 Å². The van der Waals surface area contributed by atoms with E-state index in [9.17, 15) is 4.79 Å². The number of hydrogen-bond donors (Lipinski definition) is 0. The molecule has 0 amide bonds. The molecule has 29 heavy (non-hydrogen) atoms. The summed E-state index contributed by atoms with van der Waals surface area (Å²) in [4.78, 5) is 16.7. The highest BCUT2D eigenvalue weighted by molar-refractivity contribution is 6.74. The molecule has 0 aliphatic carbocycles. The highest BCUT2D eigenvalue weighted by Crippen LogP contribution is 2.39. The second-order valence-corrected chi connectivity index (χ2v) is 14.3. The van der Waals surface area contributed by atoms with Crippen LogP contribution in [0.25, 0.3) is 17.0 Å². The first-order valence-electron chi connectivity index (χ1n) is 10.1. The van der Waals surface area contributed by atoms with E-state index < -0.39 is 13.7 Å². The van der Waals surface area contributed by atoms with E-state index in [1.807, 2.05) is 31.2 Å². The van der Waals surface area contributed by atoms with Crippen LogP contribution in [-0.2, 0) is 14.0 Å². The normalized spacial score (nSPS) is 21.1. The predicted octanol–water partition coefficient (Wildman–Crippen LogP) is 6.41. The van der Waals surface area contributed by atoms with Gasteiger partial charge in [-0.2, -0.15) is 0 Å². The lowest BCUT2D eigenvalue weighted by atomic mass is 9.91. The molecule has 2 aromatic rings. The number of rotatable bonds is 5. The maximum atomic E-state index is 11.9. The molecule has 2 atom stereocenters. The molecule has 0 spiro atoms. The fourth-order valence-corrected chi connectivity index (χ4v) is 4.34. The summed E-state index contributed by atoms with van der Waals surface area (Å²) < 4.78 is 11.5. The lowest BCUT2D eigenvalue weighted by Gasteiger charge is -2.38. The number of pyridine rings is 1. The van der Waals surface area contributed by atoms with Crippen molar-refractivity contribution < 1.29 is 14.0 Å². The molecule has 0 fully saturated rings. The highest BCUT2D eigenvalue weighted by atomic mass is 28.4. The standard InChI is InChI=1S/C24H31NO3Si/c1-17(28-29(6,7)23(2,3)4)20-11-10-19-9-8-18(16-21(19)25-20)12-13-24(5)14-15-27-22(24)26/h8-17H,1-7H3/t17-,24?/m1/s1. The number of benzene rings is 1. The SMILES string of the molecule is C[C@@H](O[Si](C)(C)C(C)(C)C)c1ccc2ccc(C=CC3(C)C=COC3=O)cc2n1. The average molecular weight is 410 g/mol. The van der Waals surface area contributed by atoms with Gasteiger partial charge in [0, 0.05) is 5.39 Å². The quantitative estimate of drug-likeness (QED) is 0.423. The van der Waals surface area contributed by atoms with Crippen molar-refractivity contribution in [1.82, 2.24) is 4.98 Å². The highest BCUT2D eigenvalue weighted by Gasteiger charge is 2.38. The molecule has 5 heteroatoms. The third kappa shape index (κ3) is 4.51. The topological polar surface area (TPSA) is 48.4 Å². The Morgan fingerprint density at radius 3 is 2.52 bits per heavy atom. The molecule has 4 nitrogen and oxygen atoms in total. The van der Waals surface area contributed by atoms with Gasteiger partial charge in [-0.25, -0.2) is 0 Å². The van der Waals surface area contributed by atoms with E-state index in [1.54, 1.807) is 6.08 Å². The average Bonchev–Trinajstić information content (AvgIpc) is 2.97. The van der Waals surface area contributed by atoms with Gasteiger partial charge in [-0.3, -0.25) is 9.78 Å². The molecule has 1 aromatic carbocycles. The van der Waals surface area contributed by atoms with Gasteiger partial charge in [0.15, 0.2) is 8.32 Å². The van der Waals surface area contributed by atoms with Crippen LogP contribution < -0.4 is 0 Å². The monoisotopic (exact) mass is 409 g/mol. The second-order valence-electron chi connectivity index (χ2n) is 9.53. The van der Waals surface area contributed by atoms with E-state index in [2.05, 4.69) is 59.0 Å². The first-order valence-corrected chi connectivity index (χ1v) is 13.0. The molecule has 2 heterocycles. The van der Waals surface area contributed by atoms with E-state index in [0.717, 1.165) is 22.2 Å². The summed E-state index contributed by atoms with van der Waals surface area (Å²) in [6.45, 7) is 15.2. The van der Waals surface area contributed by atoms with Crippen LogP contribution >= 0.6 is 0 Å². The van der Waals surface area contributed by atoms with E-state index in [4.69, 9.17) is 14.1 Å². The Balaban J connectivity index is 1.86. The Morgan fingerprint density at radius 1 is 1.21 bits per heavy atom. The van der Waals surface area contributed by atoms with Crippen LogP contribution in [-0.4, -0.2) is 19.3 Å². The van der Waals surface area contributed by atoms with Crippen LogP contribution in [0.1, 0.15) is 52.0 Å². The third-order valence-corrected chi connectivity index (χ3v) is 10.6. The fraction of sp³-hybridized carbons (Fsp3) is 0.417. The molecule has 0 bridgehead atoms. The number of carbonyl (C=O) groups excluding carboxylic acids is 1. The van der Waals surface area contributed by atoms with E-state index >= 15 is 0 Å². The lowest BCUT2D eigenvalue weighted by Crippen LogP contribution is -2.41. The molecular formula is C24H31NO3Si. The van der Waals surface area contributed by atoms with Gasteiger partial charge in [-0.1, -0.05) is 51.1 Å². The molecule has 3 rings (SSSR count). The molecule has 0 saturated heterocycles. The minimum Gasteiger partial charge on any atom is -0.434 e. The van der Waals surface area contributed by atoms with Crippen LogP contribution in [0, 0.1) is 5.41 Å². The van der Waals surface area contributed by atoms with Crippen LogP contribution in [0.4, 0.5) is 0 Å². The molecule has 154 valence electrons. The zero-order chi connectivity index (χ0) is 21.4. The van der Waals surface area contributed by atoms with Crippen molar-refractivity contribution in [3.8, 4) is 0 Å². The zero-order valence-electron chi connectivity index (χ0n) is 18.4. The van der Waals surface area contributed by atoms with E-state index in [1.165, 1.54) is 6.26 Å². The van der Waals surface area contributed by atoms with Crippen molar-refractivity contribution >= 4 is 31.3 Å². The molecule has 0 radical (unpaired) electrons. The molecule has 1 aliphatic heterocycles. The number of ether oxygens (including phenoxy) is 1. The van der Waals surface area contributed by atoms with Gasteiger partial charge in [-0.05, 0) is 55.8 Å². The molecule has 1 aliphatic rings. The maximum absolute atomic E-state index is 11.9. The first kappa shape index (κ1) is 21.5. The third-order valence-electron chi connectivity index (χ3n) is 6.08. The number of cyclic esters (lactones) is 1. The van der Waals surface area contributed by atoms with Gasteiger partial charge in [-0.15, -0.1) is 0 Å². The maximum Gasteiger partial charge on any atom is 0.324 e. The molecule has 0 N–H and O–H groups in total. The predicted molar refractivity (Wildman–Crippen MR) is 121 cm³/mol. The smallest absolute Gasteiger partial charge is 0.324 e. The first-order chi connectivity index (χ1) is 13.4. The Bertz CT molecular complexity index is 987. The van der Waals surface area contributed by atoms with Crippen molar-refractivity contribution in [2.75, 3.05) is 0 Å². The van der Waals surface area contributed by atoms with Gasteiger partial charge in [0.25, 0.3) is 0 Å². The number of esters is 1. The summed E-state index contributed by atoms with van der Waals surface area (Å²) in [5, 5.41) is 1.24. The van der Waals surface area contributed by atoms with Crippen molar-refractivity contribution in [2.24, 2.45) is 5.41 Å². The van der Waals surface area contributed by atoms with Gasteiger partial charge < -0.3 is 9.16 Å². The summed E-state index contributed by atoms with van der Waals surface area (Å²) >= 11 is 0. The summed E-state index contributed by atoms with van der Waals surface area (Å²) in [7, 11) is -1.87. The van der Waals surface area contributed by atoms with Crippen molar-refractivity contribution in [3.63, 3.8) is 0 Å². The number of aromatic nitrogens is 1. The number of fused-ring (bicyclic) bond motifs is 1. The summed E-state index contributed by atoms with van der Waals surface area (Å²) in [6, 6.07) is 10.3. The van der Waals surface area contributed by atoms with Gasteiger partial charge in [0.1, 0.15) is 5.41 Å². The number of hydrogen-bond acceptors (Lipinski definition) is 4.